The fourth-order valence-electron chi connectivity index (χ4n) is 3.51. The van der Waals surface area contributed by atoms with Crippen LogP contribution in [-0.4, -0.2) is 23.5 Å². The lowest BCUT2D eigenvalue weighted by Gasteiger charge is -2.34. The summed E-state index contributed by atoms with van der Waals surface area (Å²) in [5.41, 5.74) is 2.85. The van der Waals surface area contributed by atoms with Crippen LogP contribution in [0.5, 0.6) is 0 Å². The molecule has 3 rings (SSSR count). The summed E-state index contributed by atoms with van der Waals surface area (Å²) in [6.45, 7) is 7.29. The topological polar surface area (TPSA) is 67.2 Å². The predicted octanol–water partition coefficient (Wildman–Crippen LogP) is 3.61. The van der Waals surface area contributed by atoms with Crippen LogP contribution >= 0.6 is 0 Å². The highest BCUT2D eigenvalue weighted by Crippen LogP contribution is 2.28. The lowest BCUT2D eigenvalue weighted by molar-refractivity contribution is -0.120. The highest BCUT2D eigenvalue weighted by molar-refractivity contribution is 5.95. The third kappa shape index (κ3) is 3.51. The predicted molar refractivity (Wildman–Crippen MR) is 94.7 cm³/mol. The molecule has 0 radical (unpaired) electrons. The molecule has 1 aromatic carbocycles. The van der Waals surface area contributed by atoms with Crippen molar-refractivity contribution < 1.29 is 9.21 Å². The van der Waals surface area contributed by atoms with Gasteiger partial charge in [-0.25, -0.2) is 4.98 Å². The van der Waals surface area contributed by atoms with E-state index >= 15 is 0 Å². The number of nitrogens with one attached hydrogen (secondary N) is 2. The Labute approximate surface area is 142 Å². The summed E-state index contributed by atoms with van der Waals surface area (Å²) < 4.78 is 5.35. The van der Waals surface area contributed by atoms with Gasteiger partial charge in [-0.05, 0) is 61.9 Å². The van der Waals surface area contributed by atoms with Crippen LogP contribution in [0, 0.1) is 18.8 Å². The molecule has 24 heavy (non-hydrogen) atoms. The third-order valence-corrected chi connectivity index (χ3v) is 4.84. The van der Waals surface area contributed by atoms with Gasteiger partial charge in [0, 0.05) is 11.3 Å². The molecule has 128 valence electrons. The minimum absolute atomic E-state index is 0.0558. The van der Waals surface area contributed by atoms with Crippen LogP contribution in [0.25, 0.3) is 11.3 Å². The van der Waals surface area contributed by atoms with E-state index in [0.717, 1.165) is 42.0 Å². The molecule has 1 fully saturated rings. The van der Waals surface area contributed by atoms with Gasteiger partial charge < -0.3 is 15.1 Å². The van der Waals surface area contributed by atoms with Crippen molar-refractivity contribution in [3.63, 3.8) is 0 Å². The first-order valence-electron chi connectivity index (χ1n) is 8.60. The molecule has 2 atom stereocenters. The second-order valence-electron chi connectivity index (χ2n) is 6.87. The zero-order valence-electron chi connectivity index (χ0n) is 14.5. The Morgan fingerprint density at radius 2 is 2.25 bits per heavy atom. The van der Waals surface area contributed by atoms with Gasteiger partial charge in [0.15, 0.2) is 12.2 Å². The molecule has 1 aliphatic rings. The van der Waals surface area contributed by atoms with E-state index in [1.54, 1.807) is 6.20 Å². The maximum atomic E-state index is 12.7. The fourth-order valence-corrected chi connectivity index (χ4v) is 3.51. The average Bonchev–Trinajstić information content (AvgIpc) is 3.09. The van der Waals surface area contributed by atoms with Gasteiger partial charge in [0.25, 0.3) is 0 Å². The molecular formula is C19H25N3O2. The Kier molecular flexibility index (Phi) is 5.00. The number of nitrogens with zero attached hydrogens (tertiary/aromatic N) is 1. The molecule has 1 aliphatic heterocycles. The highest BCUT2D eigenvalue weighted by atomic mass is 16.3. The zero-order valence-corrected chi connectivity index (χ0v) is 14.5. The van der Waals surface area contributed by atoms with Crippen molar-refractivity contribution in [2.45, 2.75) is 39.7 Å². The van der Waals surface area contributed by atoms with Crippen LogP contribution in [0.1, 0.15) is 32.3 Å². The highest BCUT2D eigenvalue weighted by Gasteiger charge is 2.32. The lowest BCUT2D eigenvalue weighted by Crippen LogP contribution is -2.50. The summed E-state index contributed by atoms with van der Waals surface area (Å²) in [6.07, 6.45) is 5.36. The van der Waals surface area contributed by atoms with Crippen LogP contribution in [0.2, 0.25) is 0 Å². The molecule has 1 amide bonds. The van der Waals surface area contributed by atoms with Crippen LogP contribution in [0.4, 0.5) is 5.69 Å². The number of oxazole rings is 1. The van der Waals surface area contributed by atoms with E-state index < -0.39 is 0 Å². The molecule has 2 unspecified atom stereocenters. The van der Waals surface area contributed by atoms with E-state index in [1.807, 2.05) is 25.1 Å². The molecule has 0 aliphatic carbocycles. The van der Waals surface area contributed by atoms with E-state index in [4.69, 9.17) is 4.42 Å². The first-order chi connectivity index (χ1) is 11.6. The molecule has 1 saturated heterocycles. The van der Waals surface area contributed by atoms with E-state index in [9.17, 15) is 4.79 Å². The van der Waals surface area contributed by atoms with Gasteiger partial charge in [0.05, 0.1) is 12.2 Å². The number of hydrogen-bond donors (Lipinski definition) is 2. The van der Waals surface area contributed by atoms with Crippen molar-refractivity contribution in [2.75, 3.05) is 11.9 Å². The number of hydrogen-bond acceptors (Lipinski definition) is 4. The van der Waals surface area contributed by atoms with Gasteiger partial charge in [-0.3, -0.25) is 4.79 Å². The number of benzene rings is 1. The second-order valence-corrected chi connectivity index (χ2v) is 6.87. The molecule has 0 bridgehead atoms. The lowest BCUT2D eigenvalue weighted by atomic mass is 9.82. The SMILES string of the molecule is Cc1cc(NC(=O)C2NCCCC2C(C)C)ccc1-c1cnco1. The van der Waals surface area contributed by atoms with Gasteiger partial charge in [-0.15, -0.1) is 0 Å². The molecule has 5 heteroatoms. The maximum Gasteiger partial charge on any atom is 0.241 e. The number of carbonyl (C=O) groups is 1. The number of aryl methyl sites for hydroxylation is 1. The van der Waals surface area contributed by atoms with Gasteiger partial charge >= 0.3 is 0 Å². The van der Waals surface area contributed by atoms with Crippen molar-refractivity contribution in [2.24, 2.45) is 11.8 Å². The van der Waals surface area contributed by atoms with Crippen LogP contribution in [-0.2, 0) is 4.79 Å². The van der Waals surface area contributed by atoms with Crippen molar-refractivity contribution in [1.29, 1.82) is 0 Å². The summed E-state index contributed by atoms with van der Waals surface area (Å²) in [5, 5.41) is 6.45. The Morgan fingerprint density at radius 1 is 1.42 bits per heavy atom. The number of carbonyl (C=O) groups excluding carboxylic acids is 1. The van der Waals surface area contributed by atoms with Crippen molar-refractivity contribution in [1.82, 2.24) is 10.3 Å². The summed E-state index contributed by atoms with van der Waals surface area (Å²) in [5.74, 6) is 1.66. The van der Waals surface area contributed by atoms with Gasteiger partial charge in [0.2, 0.25) is 5.91 Å². The number of amides is 1. The van der Waals surface area contributed by atoms with Crippen LogP contribution < -0.4 is 10.6 Å². The molecule has 2 N–H and O–H groups in total. The van der Waals surface area contributed by atoms with Gasteiger partial charge in [0.1, 0.15) is 0 Å². The standard InChI is InChI=1S/C19H25N3O2/c1-12(2)15-5-4-8-21-18(15)19(23)22-14-6-7-16(13(3)9-14)17-10-20-11-24-17/h6-7,9-12,15,18,21H,4-5,8H2,1-3H3,(H,22,23). The van der Waals surface area contributed by atoms with E-state index in [2.05, 4.69) is 29.5 Å². The minimum Gasteiger partial charge on any atom is -0.444 e. The smallest absolute Gasteiger partial charge is 0.241 e. The first-order valence-corrected chi connectivity index (χ1v) is 8.60. The molecule has 5 nitrogen and oxygen atoms in total. The number of rotatable bonds is 4. The fraction of sp³-hybridized carbons (Fsp3) is 0.474. The normalized spacial score (nSPS) is 21.0. The van der Waals surface area contributed by atoms with Gasteiger partial charge in [-0.1, -0.05) is 13.8 Å². The monoisotopic (exact) mass is 327 g/mol. The summed E-state index contributed by atoms with van der Waals surface area (Å²) in [4.78, 5) is 16.7. The summed E-state index contributed by atoms with van der Waals surface area (Å²) in [6, 6.07) is 5.73. The van der Waals surface area contributed by atoms with Crippen molar-refractivity contribution in [3.05, 3.63) is 36.4 Å². The third-order valence-electron chi connectivity index (χ3n) is 4.84. The van der Waals surface area contributed by atoms with Crippen LogP contribution in [0.3, 0.4) is 0 Å². The van der Waals surface area contributed by atoms with E-state index in [1.165, 1.54) is 6.39 Å². The second kappa shape index (κ2) is 7.18. The Morgan fingerprint density at radius 3 is 2.92 bits per heavy atom. The minimum atomic E-state index is -0.118. The Bertz CT molecular complexity index is 695. The molecule has 0 saturated carbocycles. The number of anilines is 1. The van der Waals surface area contributed by atoms with Crippen molar-refractivity contribution >= 4 is 11.6 Å². The van der Waals surface area contributed by atoms with E-state index in [-0.39, 0.29) is 11.9 Å². The quantitative estimate of drug-likeness (QED) is 0.900. The van der Waals surface area contributed by atoms with Crippen molar-refractivity contribution in [3.8, 4) is 11.3 Å². The first kappa shape index (κ1) is 16.7. The van der Waals surface area contributed by atoms with E-state index in [0.29, 0.717) is 11.8 Å². The molecular weight excluding hydrogens is 302 g/mol. The number of aromatic nitrogens is 1. The number of piperidine rings is 1. The van der Waals surface area contributed by atoms with Crippen LogP contribution in [0.15, 0.2) is 35.2 Å². The maximum absolute atomic E-state index is 12.7. The van der Waals surface area contributed by atoms with Gasteiger partial charge in [-0.2, -0.15) is 0 Å². The largest absolute Gasteiger partial charge is 0.444 e. The average molecular weight is 327 g/mol. The zero-order chi connectivity index (χ0) is 17.1. The molecule has 0 spiro atoms. The summed E-state index contributed by atoms with van der Waals surface area (Å²) >= 11 is 0. The Hall–Kier alpha value is -2.14. The molecule has 2 aromatic rings. The Balaban J connectivity index is 1.73. The molecule has 1 aromatic heterocycles. The summed E-state index contributed by atoms with van der Waals surface area (Å²) in [7, 11) is 0. The molecule has 2 heterocycles.